The van der Waals surface area contributed by atoms with Crippen LogP contribution in [0.2, 0.25) is 10.0 Å². The number of methoxy groups -OCH3 is 2. The maximum Gasteiger partial charge on any atom is 0.176 e. The lowest BCUT2D eigenvalue weighted by molar-refractivity contribution is 0.281. The van der Waals surface area contributed by atoms with Gasteiger partial charge in [0, 0.05) is 5.56 Å². The SMILES string of the molecule is COc1ccc(OC)c(-c2noc(-c3c(Cl)cccc3Cl)c2CO)c1. The first-order valence-corrected chi connectivity index (χ1v) is 8.12. The Bertz CT molecular complexity index is 888. The number of ether oxygens (including phenoxy) is 2. The molecule has 7 heteroatoms. The Morgan fingerprint density at radius 2 is 1.80 bits per heavy atom. The fourth-order valence-corrected chi connectivity index (χ4v) is 3.15. The topological polar surface area (TPSA) is 64.7 Å². The third kappa shape index (κ3) is 3.18. The van der Waals surface area contributed by atoms with Gasteiger partial charge < -0.3 is 19.1 Å². The van der Waals surface area contributed by atoms with Gasteiger partial charge in [0.05, 0.1) is 42.0 Å². The lowest BCUT2D eigenvalue weighted by atomic mass is 10.0. The minimum atomic E-state index is -0.309. The number of hydrogen-bond donors (Lipinski definition) is 1. The fraction of sp³-hybridized carbons (Fsp3) is 0.167. The molecule has 0 aliphatic heterocycles. The minimum Gasteiger partial charge on any atom is -0.497 e. The third-order valence-corrected chi connectivity index (χ3v) is 4.43. The van der Waals surface area contributed by atoms with Crippen LogP contribution in [0.25, 0.3) is 22.6 Å². The van der Waals surface area contributed by atoms with Crippen molar-refractivity contribution in [2.24, 2.45) is 0 Å². The highest BCUT2D eigenvalue weighted by molar-refractivity contribution is 6.39. The summed E-state index contributed by atoms with van der Waals surface area (Å²) in [5.74, 6) is 1.51. The van der Waals surface area contributed by atoms with Gasteiger partial charge >= 0.3 is 0 Å². The summed E-state index contributed by atoms with van der Waals surface area (Å²) in [6.45, 7) is -0.309. The van der Waals surface area contributed by atoms with Gasteiger partial charge in [0.25, 0.3) is 0 Å². The monoisotopic (exact) mass is 379 g/mol. The van der Waals surface area contributed by atoms with Crippen LogP contribution in [-0.4, -0.2) is 24.5 Å². The molecule has 0 spiro atoms. The molecule has 5 nitrogen and oxygen atoms in total. The molecule has 0 saturated carbocycles. The summed E-state index contributed by atoms with van der Waals surface area (Å²) in [4.78, 5) is 0. The highest BCUT2D eigenvalue weighted by Crippen LogP contribution is 2.42. The Morgan fingerprint density at radius 1 is 1.08 bits per heavy atom. The first kappa shape index (κ1) is 17.6. The Morgan fingerprint density at radius 3 is 2.40 bits per heavy atom. The van der Waals surface area contributed by atoms with Crippen molar-refractivity contribution in [3.8, 4) is 34.1 Å². The lowest BCUT2D eigenvalue weighted by Gasteiger charge is -2.10. The maximum atomic E-state index is 9.92. The van der Waals surface area contributed by atoms with E-state index in [9.17, 15) is 5.11 Å². The third-order valence-electron chi connectivity index (χ3n) is 3.80. The predicted octanol–water partition coefficient (Wildman–Crippen LogP) is 4.82. The smallest absolute Gasteiger partial charge is 0.176 e. The van der Waals surface area contributed by atoms with E-state index in [1.54, 1.807) is 50.6 Å². The number of hydrogen-bond acceptors (Lipinski definition) is 5. The standard InChI is InChI=1S/C18H15Cl2NO4/c1-23-10-6-7-15(24-2)11(8-10)17-12(9-22)18(25-21-17)16-13(19)4-3-5-14(16)20/h3-8,22H,9H2,1-2H3. The molecule has 0 aliphatic carbocycles. The van der Waals surface area contributed by atoms with Crippen LogP contribution >= 0.6 is 23.2 Å². The molecule has 0 fully saturated rings. The highest BCUT2D eigenvalue weighted by Gasteiger charge is 2.24. The van der Waals surface area contributed by atoms with Gasteiger partial charge in [-0.2, -0.15) is 0 Å². The van der Waals surface area contributed by atoms with Gasteiger partial charge in [-0.05, 0) is 30.3 Å². The zero-order chi connectivity index (χ0) is 18.0. The number of benzene rings is 2. The van der Waals surface area contributed by atoms with E-state index in [4.69, 9.17) is 37.2 Å². The van der Waals surface area contributed by atoms with Crippen LogP contribution in [0, 0.1) is 0 Å². The number of rotatable bonds is 5. The van der Waals surface area contributed by atoms with E-state index in [2.05, 4.69) is 5.16 Å². The summed E-state index contributed by atoms with van der Waals surface area (Å²) >= 11 is 12.5. The van der Waals surface area contributed by atoms with E-state index in [0.717, 1.165) is 0 Å². The molecular weight excluding hydrogens is 365 g/mol. The first-order valence-electron chi connectivity index (χ1n) is 7.36. The molecule has 0 radical (unpaired) electrons. The average Bonchev–Trinajstić information content (AvgIpc) is 3.04. The van der Waals surface area contributed by atoms with Crippen LogP contribution in [0.15, 0.2) is 40.9 Å². The number of halogens is 2. The van der Waals surface area contributed by atoms with Crippen molar-refractivity contribution in [2.75, 3.05) is 14.2 Å². The zero-order valence-electron chi connectivity index (χ0n) is 13.5. The van der Waals surface area contributed by atoms with E-state index in [1.165, 1.54) is 0 Å². The van der Waals surface area contributed by atoms with Crippen molar-refractivity contribution in [1.82, 2.24) is 5.16 Å². The largest absolute Gasteiger partial charge is 0.497 e. The van der Waals surface area contributed by atoms with Crippen LogP contribution in [0.3, 0.4) is 0 Å². The van der Waals surface area contributed by atoms with Gasteiger partial charge in [-0.15, -0.1) is 0 Å². The van der Waals surface area contributed by atoms with Crippen LogP contribution in [-0.2, 0) is 6.61 Å². The summed E-state index contributed by atoms with van der Waals surface area (Å²) in [6, 6.07) is 10.4. The van der Waals surface area contributed by atoms with Crippen LogP contribution in [0.1, 0.15) is 5.56 Å². The Hall–Kier alpha value is -2.21. The van der Waals surface area contributed by atoms with Crippen LogP contribution in [0.5, 0.6) is 11.5 Å². The Kier molecular flexibility index (Phi) is 5.18. The lowest BCUT2D eigenvalue weighted by Crippen LogP contribution is -1.94. The molecule has 3 rings (SSSR count). The van der Waals surface area contributed by atoms with Crippen molar-refractivity contribution in [2.45, 2.75) is 6.61 Å². The summed E-state index contributed by atoms with van der Waals surface area (Å²) in [5.41, 5.74) is 2.00. The molecule has 0 amide bonds. The van der Waals surface area contributed by atoms with Crippen molar-refractivity contribution in [3.63, 3.8) is 0 Å². The molecule has 1 N–H and O–H groups in total. The minimum absolute atomic E-state index is 0.309. The molecule has 1 aromatic heterocycles. The normalized spacial score (nSPS) is 10.8. The molecule has 3 aromatic rings. The van der Waals surface area contributed by atoms with Gasteiger partial charge in [0.15, 0.2) is 5.76 Å². The van der Waals surface area contributed by atoms with Crippen molar-refractivity contribution >= 4 is 23.2 Å². The van der Waals surface area contributed by atoms with Crippen LogP contribution < -0.4 is 9.47 Å². The molecule has 0 atom stereocenters. The molecule has 1 heterocycles. The number of aliphatic hydroxyl groups is 1. The van der Waals surface area contributed by atoms with E-state index < -0.39 is 0 Å². The quantitative estimate of drug-likeness (QED) is 0.687. The molecular formula is C18H15Cl2NO4. The van der Waals surface area contributed by atoms with Gasteiger partial charge in [-0.3, -0.25) is 0 Å². The summed E-state index contributed by atoms with van der Waals surface area (Å²) < 4.78 is 16.1. The summed E-state index contributed by atoms with van der Waals surface area (Å²) in [7, 11) is 3.12. The van der Waals surface area contributed by atoms with Gasteiger partial charge in [0.2, 0.25) is 0 Å². The molecule has 25 heavy (non-hydrogen) atoms. The second-order valence-corrected chi connectivity index (χ2v) is 5.97. The van der Waals surface area contributed by atoms with Gasteiger partial charge in [-0.25, -0.2) is 0 Å². The van der Waals surface area contributed by atoms with E-state index in [0.29, 0.717) is 49.7 Å². The highest BCUT2D eigenvalue weighted by atomic mass is 35.5. The number of aliphatic hydroxyl groups excluding tert-OH is 1. The van der Waals surface area contributed by atoms with Crippen LogP contribution in [0.4, 0.5) is 0 Å². The second kappa shape index (κ2) is 7.35. The number of aromatic nitrogens is 1. The van der Waals surface area contributed by atoms with Crippen molar-refractivity contribution < 1.29 is 19.1 Å². The summed E-state index contributed by atoms with van der Waals surface area (Å²) in [6.07, 6.45) is 0. The van der Waals surface area contributed by atoms with E-state index >= 15 is 0 Å². The zero-order valence-corrected chi connectivity index (χ0v) is 15.1. The summed E-state index contributed by atoms with van der Waals surface area (Å²) in [5, 5.41) is 14.8. The molecule has 0 aliphatic rings. The van der Waals surface area contributed by atoms with Crippen molar-refractivity contribution in [1.29, 1.82) is 0 Å². The van der Waals surface area contributed by atoms with E-state index in [-0.39, 0.29) is 6.61 Å². The Balaban J connectivity index is 2.23. The molecule has 130 valence electrons. The Labute approximate surface area is 154 Å². The molecule has 0 saturated heterocycles. The molecule has 0 bridgehead atoms. The number of nitrogens with zero attached hydrogens (tertiary/aromatic N) is 1. The molecule has 2 aromatic carbocycles. The van der Waals surface area contributed by atoms with Crippen molar-refractivity contribution in [3.05, 3.63) is 52.0 Å². The van der Waals surface area contributed by atoms with E-state index in [1.807, 2.05) is 0 Å². The maximum absolute atomic E-state index is 9.92. The average molecular weight is 380 g/mol. The van der Waals surface area contributed by atoms with Gasteiger partial charge in [0.1, 0.15) is 17.2 Å². The first-order chi connectivity index (χ1) is 12.1. The second-order valence-electron chi connectivity index (χ2n) is 5.16. The van der Waals surface area contributed by atoms with Gasteiger partial charge in [-0.1, -0.05) is 34.4 Å². The predicted molar refractivity (Wildman–Crippen MR) is 96.4 cm³/mol. The molecule has 0 unspecified atom stereocenters. The fourth-order valence-electron chi connectivity index (χ4n) is 2.58.